The summed E-state index contributed by atoms with van der Waals surface area (Å²) in [5, 5.41) is 10.8. The molecule has 0 aliphatic heterocycles. The fourth-order valence-corrected chi connectivity index (χ4v) is 3.42. The van der Waals surface area contributed by atoms with Crippen LogP contribution in [0.25, 0.3) is 5.65 Å². The topological polar surface area (TPSA) is 77.1 Å². The molecule has 0 bridgehead atoms. The van der Waals surface area contributed by atoms with Crippen LogP contribution in [-0.4, -0.2) is 30.3 Å². The van der Waals surface area contributed by atoms with E-state index in [0.29, 0.717) is 10.1 Å². The third-order valence-electron chi connectivity index (χ3n) is 4.95. The van der Waals surface area contributed by atoms with Gasteiger partial charge in [-0.1, -0.05) is 38.4 Å². The SMILES string of the molecule is CC(C)(C)c1cc(C(F)(F)F)n2nc(C(=O)Nc3ccn(Cc4ccc(F)cc4Cl)n3)cc2n1. The van der Waals surface area contributed by atoms with Crippen molar-refractivity contribution in [1.82, 2.24) is 24.4 Å². The predicted octanol–water partition coefficient (Wildman–Crippen LogP) is 5.34. The zero-order chi connectivity index (χ0) is 24.8. The summed E-state index contributed by atoms with van der Waals surface area (Å²) in [7, 11) is 0. The lowest BCUT2D eigenvalue weighted by atomic mass is 9.91. The molecule has 0 saturated heterocycles. The molecular formula is C22H19ClF4N6O. The number of carbonyl (C=O) groups excluding carboxylic acids is 1. The molecule has 178 valence electrons. The number of rotatable bonds is 4. The molecule has 4 rings (SSSR count). The van der Waals surface area contributed by atoms with E-state index in [1.165, 1.54) is 35.0 Å². The molecule has 3 aromatic heterocycles. The van der Waals surface area contributed by atoms with E-state index in [1.54, 1.807) is 27.0 Å². The number of nitrogens with zero attached hydrogens (tertiary/aromatic N) is 5. The summed E-state index contributed by atoms with van der Waals surface area (Å²) >= 11 is 6.03. The van der Waals surface area contributed by atoms with E-state index in [9.17, 15) is 22.4 Å². The lowest BCUT2D eigenvalue weighted by molar-refractivity contribution is -0.142. The van der Waals surface area contributed by atoms with Gasteiger partial charge in [-0.25, -0.2) is 13.9 Å². The van der Waals surface area contributed by atoms with E-state index in [-0.39, 0.29) is 34.4 Å². The average Bonchev–Trinajstić information content (AvgIpc) is 3.34. The Morgan fingerprint density at radius 1 is 1.09 bits per heavy atom. The van der Waals surface area contributed by atoms with Crippen LogP contribution in [0.5, 0.6) is 0 Å². The van der Waals surface area contributed by atoms with Crippen LogP contribution in [0.15, 0.2) is 42.6 Å². The van der Waals surface area contributed by atoms with Gasteiger partial charge in [-0.15, -0.1) is 0 Å². The van der Waals surface area contributed by atoms with E-state index in [0.717, 1.165) is 6.07 Å². The summed E-state index contributed by atoms with van der Waals surface area (Å²) in [4.78, 5) is 16.9. The van der Waals surface area contributed by atoms with Crippen LogP contribution < -0.4 is 5.32 Å². The van der Waals surface area contributed by atoms with Crippen molar-refractivity contribution in [1.29, 1.82) is 0 Å². The van der Waals surface area contributed by atoms with Crippen molar-refractivity contribution < 1.29 is 22.4 Å². The molecule has 0 aliphatic rings. The Kier molecular flexibility index (Phi) is 5.84. The predicted molar refractivity (Wildman–Crippen MR) is 117 cm³/mol. The zero-order valence-corrected chi connectivity index (χ0v) is 19.0. The van der Waals surface area contributed by atoms with Gasteiger partial charge >= 0.3 is 6.18 Å². The minimum absolute atomic E-state index is 0.0959. The molecule has 12 heteroatoms. The van der Waals surface area contributed by atoms with Crippen LogP contribution in [0.4, 0.5) is 23.4 Å². The molecule has 0 fully saturated rings. The van der Waals surface area contributed by atoms with E-state index >= 15 is 0 Å². The maximum atomic E-state index is 13.6. The fraction of sp³-hybridized carbons (Fsp3) is 0.273. The number of anilines is 1. The van der Waals surface area contributed by atoms with Gasteiger partial charge in [0.05, 0.1) is 12.2 Å². The van der Waals surface area contributed by atoms with Gasteiger partial charge < -0.3 is 5.32 Å². The molecule has 0 aliphatic carbocycles. The molecule has 1 aromatic carbocycles. The largest absolute Gasteiger partial charge is 0.433 e. The van der Waals surface area contributed by atoms with Gasteiger partial charge in [-0.3, -0.25) is 9.48 Å². The molecule has 0 atom stereocenters. The van der Waals surface area contributed by atoms with E-state index in [1.807, 2.05) is 0 Å². The van der Waals surface area contributed by atoms with Gasteiger partial charge in [-0.05, 0) is 23.8 Å². The smallest absolute Gasteiger partial charge is 0.304 e. The first-order valence-electron chi connectivity index (χ1n) is 10.1. The number of fused-ring (bicyclic) bond motifs is 1. The van der Waals surface area contributed by atoms with Crippen LogP contribution in [0.3, 0.4) is 0 Å². The van der Waals surface area contributed by atoms with Crippen molar-refractivity contribution in [2.24, 2.45) is 0 Å². The lowest BCUT2D eigenvalue weighted by Crippen LogP contribution is -2.20. The standard InChI is InChI=1S/C22H19ClF4N6O/c1-21(2,3)16-10-17(22(25,26)27)33-19(28-16)9-15(30-33)20(34)29-18-6-7-32(31-18)11-12-4-5-13(24)8-14(12)23/h4-10H,11H2,1-3H3,(H,29,31,34). The van der Waals surface area contributed by atoms with Crippen LogP contribution in [0.1, 0.15) is 48.2 Å². The first kappa shape index (κ1) is 23.7. The third-order valence-corrected chi connectivity index (χ3v) is 5.30. The highest BCUT2D eigenvalue weighted by molar-refractivity contribution is 6.31. The number of hydrogen-bond donors (Lipinski definition) is 1. The van der Waals surface area contributed by atoms with Gasteiger partial charge in [0.15, 0.2) is 17.2 Å². The first-order chi connectivity index (χ1) is 15.8. The summed E-state index contributed by atoms with van der Waals surface area (Å²) in [6.07, 6.45) is -3.13. The third kappa shape index (κ3) is 4.89. The first-order valence-corrected chi connectivity index (χ1v) is 10.5. The number of nitrogens with one attached hydrogen (secondary N) is 1. The highest BCUT2D eigenvalue weighted by Gasteiger charge is 2.36. The Labute approximate surface area is 196 Å². The number of aromatic nitrogens is 5. The molecule has 0 saturated carbocycles. The van der Waals surface area contributed by atoms with Gasteiger partial charge in [0.1, 0.15) is 11.5 Å². The summed E-state index contributed by atoms with van der Waals surface area (Å²) in [5.74, 6) is -1.06. The lowest BCUT2D eigenvalue weighted by Gasteiger charge is -2.19. The Morgan fingerprint density at radius 3 is 2.47 bits per heavy atom. The van der Waals surface area contributed by atoms with Gasteiger partial charge in [0.25, 0.3) is 5.91 Å². The molecule has 3 heterocycles. The summed E-state index contributed by atoms with van der Waals surface area (Å²) < 4.78 is 56.2. The molecule has 0 radical (unpaired) electrons. The van der Waals surface area contributed by atoms with E-state index in [4.69, 9.17) is 11.6 Å². The van der Waals surface area contributed by atoms with Crippen LogP contribution in [0.2, 0.25) is 5.02 Å². The second-order valence-corrected chi connectivity index (χ2v) is 9.07. The molecule has 0 spiro atoms. The van der Waals surface area contributed by atoms with Gasteiger partial charge in [-0.2, -0.15) is 23.4 Å². The Bertz CT molecular complexity index is 1390. The van der Waals surface area contributed by atoms with Crippen molar-refractivity contribution in [2.75, 3.05) is 5.32 Å². The molecule has 1 N–H and O–H groups in total. The number of amides is 1. The van der Waals surface area contributed by atoms with E-state index in [2.05, 4.69) is 20.5 Å². The normalized spacial score (nSPS) is 12.4. The van der Waals surface area contributed by atoms with Gasteiger partial charge in [0.2, 0.25) is 0 Å². The van der Waals surface area contributed by atoms with Crippen molar-refractivity contribution in [3.8, 4) is 0 Å². The van der Waals surface area contributed by atoms with E-state index < -0.39 is 29.0 Å². The Morgan fingerprint density at radius 2 is 1.82 bits per heavy atom. The van der Waals surface area contributed by atoms with Crippen LogP contribution in [0, 0.1) is 5.82 Å². The van der Waals surface area contributed by atoms with Gasteiger partial charge in [0, 0.05) is 28.8 Å². The molecule has 1 amide bonds. The second-order valence-electron chi connectivity index (χ2n) is 8.66. The summed E-state index contributed by atoms with van der Waals surface area (Å²) in [6.45, 7) is 5.44. The highest BCUT2D eigenvalue weighted by Crippen LogP contribution is 2.32. The fourth-order valence-electron chi connectivity index (χ4n) is 3.19. The maximum absolute atomic E-state index is 13.6. The molecule has 0 unspecified atom stereocenters. The molecule has 34 heavy (non-hydrogen) atoms. The quantitative estimate of drug-likeness (QED) is 0.389. The highest BCUT2D eigenvalue weighted by atomic mass is 35.5. The zero-order valence-electron chi connectivity index (χ0n) is 18.3. The number of alkyl halides is 3. The maximum Gasteiger partial charge on any atom is 0.433 e. The molecular weight excluding hydrogens is 476 g/mol. The average molecular weight is 495 g/mol. The van der Waals surface area contributed by atoms with Crippen LogP contribution >= 0.6 is 11.6 Å². The molecule has 4 aromatic rings. The number of benzene rings is 1. The van der Waals surface area contributed by atoms with Crippen molar-refractivity contribution in [3.05, 3.63) is 76.1 Å². The second kappa shape index (κ2) is 8.39. The number of hydrogen-bond acceptors (Lipinski definition) is 4. The minimum atomic E-state index is -4.69. The monoisotopic (exact) mass is 494 g/mol. The summed E-state index contributed by atoms with van der Waals surface area (Å²) in [5.41, 5.74) is -1.18. The number of carbonyl (C=O) groups is 1. The number of halogens is 5. The van der Waals surface area contributed by atoms with Crippen molar-refractivity contribution >= 4 is 29.0 Å². The summed E-state index contributed by atoms with van der Waals surface area (Å²) in [6, 6.07) is 7.60. The molecule has 7 nitrogen and oxygen atoms in total. The van der Waals surface area contributed by atoms with Crippen molar-refractivity contribution in [2.45, 2.75) is 38.9 Å². The van der Waals surface area contributed by atoms with Crippen molar-refractivity contribution in [3.63, 3.8) is 0 Å². The Balaban J connectivity index is 1.59. The van der Waals surface area contributed by atoms with Crippen LogP contribution in [-0.2, 0) is 18.1 Å². The minimum Gasteiger partial charge on any atom is -0.304 e. The Hall–Kier alpha value is -3.47.